The average Bonchev–Trinajstić information content (AvgIpc) is 2.29. The summed E-state index contributed by atoms with van der Waals surface area (Å²) in [6.45, 7) is 1.82. The third-order valence-electron chi connectivity index (χ3n) is 2.34. The van der Waals surface area contributed by atoms with Crippen molar-refractivity contribution in [3.63, 3.8) is 0 Å². The molecule has 0 radical (unpaired) electrons. The minimum Gasteiger partial charge on any atom is -0.204 e. The van der Waals surface area contributed by atoms with Crippen LogP contribution >= 0.6 is 12.0 Å². The first-order chi connectivity index (χ1) is 8.11. The van der Waals surface area contributed by atoms with E-state index in [1.54, 1.807) is 12.1 Å². The predicted molar refractivity (Wildman–Crippen MR) is 60.8 cm³/mol. The van der Waals surface area contributed by atoms with Crippen molar-refractivity contribution in [3.8, 4) is 0 Å². The fourth-order valence-electron chi connectivity index (χ4n) is 1.53. The normalized spacial score (nSPS) is 11.1. The first-order valence-electron chi connectivity index (χ1n) is 4.71. The monoisotopic (exact) mass is 257 g/mol. The Morgan fingerprint density at radius 2 is 1.65 bits per heavy atom. The number of rotatable bonds is 3. The zero-order valence-corrected chi connectivity index (χ0v) is 9.68. The van der Waals surface area contributed by atoms with E-state index in [9.17, 15) is 8.78 Å². The molecule has 0 heterocycles. The first-order valence-corrected chi connectivity index (χ1v) is 5.45. The van der Waals surface area contributed by atoms with Gasteiger partial charge in [-0.05, 0) is 41.5 Å². The molecule has 0 bridgehead atoms. The van der Waals surface area contributed by atoms with Crippen LogP contribution in [0.4, 0.5) is 8.78 Å². The largest absolute Gasteiger partial charge is 0.204 e. The van der Waals surface area contributed by atoms with E-state index in [0.717, 1.165) is 29.7 Å². The molecule has 0 aliphatic rings. The summed E-state index contributed by atoms with van der Waals surface area (Å²) in [4.78, 5) is 4.70. The first kappa shape index (κ1) is 12.3. The van der Waals surface area contributed by atoms with E-state index >= 15 is 0 Å². The highest BCUT2D eigenvalue weighted by Gasteiger charge is 2.08. The molecule has 0 saturated heterocycles. The second-order valence-corrected chi connectivity index (χ2v) is 4.22. The van der Waals surface area contributed by atoms with Crippen LogP contribution in [0.3, 0.4) is 0 Å². The fraction of sp³-hybridized carbons (Fsp3) is 0.0909. The molecular weight excluding hydrogens is 248 g/mol. The number of benzene rings is 2. The maximum atomic E-state index is 13.1. The molecule has 2 aromatic carbocycles. The molecule has 0 amide bonds. The number of aryl methyl sites for hydroxylation is 1. The fourth-order valence-corrected chi connectivity index (χ4v) is 2.01. The molecule has 17 heavy (non-hydrogen) atoms. The smallest absolute Gasteiger partial charge is 0.159 e. The van der Waals surface area contributed by atoms with Crippen molar-refractivity contribution >= 4 is 22.8 Å². The van der Waals surface area contributed by atoms with Crippen molar-refractivity contribution in [1.29, 1.82) is 0 Å². The van der Waals surface area contributed by atoms with Crippen LogP contribution < -0.4 is 5.90 Å². The number of fused-ring (bicyclic) bond motifs is 1. The molecule has 2 N–H and O–H groups in total. The Balaban J connectivity index is 2.51. The van der Waals surface area contributed by atoms with Crippen LogP contribution in [-0.4, -0.2) is 0 Å². The van der Waals surface area contributed by atoms with Gasteiger partial charge in [-0.1, -0.05) is 6.07 Å². The Morgan fingerprint density at radius 1 is 1.06 bits per heavy atom. The Hall–Kier alpha value is -1.21. The van der Waals surface area contributed by atoms with Crippen LogP contribution in [0.1, 0.15) is 5.56 Å². The second kappa shape index (κ2) is 4.97. The van der Waals surface area contributed by atoms with Gasteiger partial charge in [0.1, 0.15) is 0 Å². The SMILES string of the molecule is Cc1cc2cc(F)c(F)cc2cc1SOON. The van der Waals surface area contributed by atoms with Crippen LogP contribution in [-0.2, 0) is 9.32 Å². The molecule has 6 heteroatoms. The van der Waals surface area contributed by atoms with Crippen LogP contribution in [0, 0.1) is 18.6 Å². The van der Waals surface area contributed by atoms with Gasteiger partial charge in [-0.2, -0.15) is 5.90 Å². The lowest BCUT2D eigenvalue weighted by atomic mass is 10.1. The van der Waals surface area contributed by atoms with E-state index in [0.29, 0.717) is 15.7 Å². The van der Waals surface area contributed by atoms with Gasteiger partial charge in [0.25, 0.3) is 0 Å². The molecule has 0 aliphatic carbocycles. The van der Waals surface area contributed by atoms with E-state index in [1.165, 1.54) is 0 Å². The topological polar surface area (TPSA) is 44.5 Å². The van der Waals surface area contributed by atoms with Gasteiger partial charge in [0.15, 0.2) is 11.6 Å². The van der Waals surface area contributed by atoms with Crippen LogP contribution in [0.15, 0.2) is 29.2 Å². The zero-order valence-electron chi connectivity index (χ0n) is 8.87. The van der Waals surface area contributed by atoms with Gasteiger partial charge in [0.05, 0.1) is 12.0 Å². The zero-order chi connectivity index (χ0) is 12.4. The molecule has 2 rings (SSSR count). The Bertz CT molecular complexity index is 563. The van der Waals surface area contributed by atoms with Gasteiger partial charge >= 0.3 is 0 Å². The molecule has 3 nitrogen and oxygen atoms in total. The van der Waals surface area contributed by atoms with Crippen LogP contribution in [0.25, 0.3) is 10.8 Å². The lowest BCUT2D eigenvalue weighted by Gasteiger charge is -2.06. The second-order valence-electron chi connectivity index (χ2n) is 3.48. The summed E-state index contributed by atoms with van der Waals surface area (Å²) >= 11 is 0.909. The lowest BCUT2D eigenvalue weighted by Crippen LogP contribution is -1.94. The number of hydrogen-bond acceptors (Lipinski definition) is 4. The molecule has 0 atom stereocenters. The van der Waals surface area contributed by atoms with E-state index in [4.69, 9.17) is 5.90 Å². The van der Waals surface area contributed by atoms with Gasteiger partial charge in [0.2, 0.25) is 0 Å². The highest BCUT2D eigenvalue weighted by molar-refractivity contribution is 7.94. The van der Waals surface area contributed by atoms with E-state index in [1.807, 2.05) is 6.92 Å². The quantitative estimate of drug-likeness (QED) is 0.521. The molecule has 2 aromatic rings. The third kappa shape index (κ3) is 2.55. The van der Waals surface area contributed by atoms with E-state index in [-0.39, 0.29) is 0 Å². The summed E-state index contributed by atoms with van der Waals surface area (Å²) in [5, 5.41) is 1.21. The van der Waals surface area contributed by atoms with Gasteiger partial charge in [-0.25, -0.2) is 8.78 Å². The van der Waals surface area contributed by atoms with Gasteiger partial charge in [-0.3, -0.25) is 0 Å². The summed E-state index contributed by atoms with van der Waals surface area (Å²) in [6, 6.07) is 5.71. The van der Waals surface area contributed by atoms with Gasteiger partial charge in [-0.15, -0.1) is 9.32 Å². The molecule has 90 valence electrons. The summed E-state index contributed by atoms with van der Waals surface area (Å²) in [6.07, 6.45) is 0. The highest BCUT2D eigenvalue weighted by atomic mass is 32.2. The molecule has 0 aliphatic heterocycles. The lowest BCUT2D eigenvalue weighted by molar-refractivity contribution is -0.195. The van der Waals surface area contributed by atoms with Crippen molar-refractivity contribution < 1.29 is 18.1 Å². The molecular formula is C11H9F2NO2S. The minimum atomic E-state index is -0.881. The molecule has 0 fully saturated rings. The Kier molecular flexibility index (Phi) is 3.58. The Morgan fingerprint density at radius 3 is 2.24 bits per heavy atom. The van der Waals surface area contributed by atoms with E-state index in [2.05, 4.69) is 9.32 Å². The maximum Gasteiger partial charge on any atom is 0.159 e. The van der Waals surface area contributed by atoms with Crippen molar-refractivity contribution in [3.05, 3.63) is 41.5 Å². The number of hydrogen-bond donors (Lipinski definition) is 1. The summed E-state index contributed by atoms with van der Waals surface area (Å²) < 4.78 is 30.6. The van der Waals surface area contributed by atoms with E-state index < -0.39 is 11.6 Å². The number of halogens is 2. The third-order valence-corrected chi connectivity index (χ3v) is 3.10. The standard InChI is InChI=1S/C11H9F2NO2S/c1-6-2-7-3-9(12)10(13)4-8(7)5-11(6)17-16-15-14/h2-5H,14H2,1H3. The van der Waals surface area contributed by atoms with Gasteiger partial charge in [0, 0.05) is 4.90 Å². The summed E-state index contributed by atoms with van der Waals surface area (Å²) in [7, 11) is 0. The molecule has 0 aromatic heterocycles. The van der Waals surface area contributed by atoms with Crippen LogP contribution in [0.2, 0.25) is 0 Å². The average molecular weight is 257 g/mol. The summed E-state index contributed by atoms with van der Waals surface area (Å²) in [5.74, 6) is 2.99. The molecule has 0 unspecified atom stereocenters. The Labute approximate surface area is 101 Å². The molecule has 0 spiro atoms. The number of nitrogens with two attached hydrogens (primary N) is 1. The predicted octanol–water partition coefficient (Wildman–Crippen LogP) is 3.26. The van der Waals surface area contributed by atoms with Crippen molar-refractivity contribution in [2.45, 2.75) is 11.8 Å². The van der Waals surface area contributed by atoms with Crippen molar-refractivity contribution in [2.75, 3.05) is 0 Å². The minimum absolute atomic E-state index is 0.581. The van der Waals surface area contributed by atoms with Crippen molar-refractivity contribution in [1.82, 2.24) is 0 Å². The van der Waals surface area contributed by atoms with Crippen molar-refractivity contribution in [2.24, 2.45) is 5.90 Å². The van der Waals surface area contributed by atoms with Crippen LogP contribution in [0.5, 0.6) is 0 Å². The molecule has 0 saturated carbocycles. The highest BCUT2D eigenvalue weighted by Crippen LogP contribution is 2.29. The maximum absolute atomic E-state index is 13.1. The summed E-state index contributed by atoms with van der Waals surface area (Å²) in [5.41, 5.74) is 0.852. The van der Waals surface area contributed by atoms with Gasteiger partial charge < -0.3 is 0 Å².